The number of imidazole rings is 1. The molecule has 0 radical (unpaired) electrons. The molecule has 31 heavy (non-hydrogen) atoms. The predicted molar refractivity (Wildman–Crippen MR) is 124 cm³/mol. The van der Waals surface area contributed by atoms with Gasteiger partial charge in [0.25, 0.3) is 5.56 Å². The minimum Gasteiger partial charge on any atom is -0.337 e. The zero-order valence-corrected chi connectivity index (χ0v) is 17.1. The predicted octanol–water partition coefficient (Wildman–Crippen LogP) is 5.29. The van der Waals surface area contributed by atoms with Crippen molar-refractivity contribution in [2.75, 3.05) is 0 Å². The summed E-state index contributed by atoms with van der Waals surface area (Å²) in [6.07, 6.45) is 3.52. The Bertz CT molecular complexity index is 1620. The average Bonchev–Trinajstić information content (AvgIpc) is 3.24. The molecule has 6 heteroatoms. The van der Waals surface area contributed by atoms with E-state index < -0.39 is 0 Å². The Morgan fingerprint density at radius 3 is 2.35 bits per heavy atom. The lowest BCUT2D eigenvalue weighted by Crippen LogP contribution is -2.09. The van der Waals surface area contributed by atoms with Gasteiger partial charge in [-0.1, -0.05) is 19.9 Å². The molecule has 0 unspecified atom stereocenters. The number of aromatic amines is 2. The Balaban J connectivity index is 1.68. The maximum absolute atomic E-state index is 12.9. The molecule has 0 aliphatic heterocycles. The zero-order valence-electron chi connectivity index (χ0n) is 17.1. The summed E-state index contributed by atoms with van der Waals surface area (Å²) < 4.78 is 0. The normalized spacial score (nSPS) is 12.0. The van der Waals surface area contributed by atoms with E-state index in [1.54, 1.807) is 12.4 Å². The van der Waals surface area contributed by atoms with Gasteiger partial charge in [0.1, 0.15) is 5.82 Å². The van der Waals surface area contributed by atoms with Crippen LogP contribution in [0, 0.1) is 0 Å². The molecule has 0 aliphatic carbocycles. The van der Waals surface area contributed by atoms with Crippen molar-refractivity contribution < 1.29 is 0 Å². The average molecular weight is 405 g/mol. The number of aromatic nitrogens is 5. The summed E-state index contributed by atoms with van der Waals surface area (Å²) >= 11 is 0. The van der Waals surface area contributed by atoms with Gasteiger partial charge in [-0.2, -0.15) is 0 Å². The third kappa shape index (κ3) is 2.65. The lowest BCUT2D eigenvalue weighted by Gasteiger charge is -2.07. The van der Waals surface area contributed by atoms with Crippen LogP contribution in [-0.2, 0) is 0 Å². The molecule has 0 saturated heterocycles. The van der Waals surface area contributed by atoms with E-state index in [4.69, 9.17) is 4.98 Å². The fraction of sp³-hybridized carbons (Fsp3) is 0.120. The van der Waals surface area contributed by atoms with Crippen molar-refractivity contribution in [1.82, 2.24) is 24.9 Å². The van der Waals surface area contributed by atoms with Crippen LogP contribution in [-0.4, -0.2) is 24.9 Å². The first-order valence-corrected chi connectivity index (χ1v) is 10.3. The lowest BCUT2D eigenvalue weighted by atomic mass is 10.0. The van der Waals surface area contributed by atoms with Crippen LogP contribution in [0.4, 0.5) is 0 Å². The third-order valence-electron chi connectivity index (χ3n) is 5.86. The summed E-state index contributed by atoms with van der Waals surface area (Å²) in [6, 6.07) is 15.8. The Hall–Kier alpha value is -4.06. The van der Waals surface area contributed by atoms with Crippen molar-refractivity contribution >= 4 is 43.7 Å². The SMILES string of the molecule is CC(C)c1ccc2[nH]c(=O)c(-c3nc4c5cccnc5c5ncccc5c4[nH]3)cc2c1. The molecule has 0 spiro atoms. The van der Waals surface area contributed by atoms with Gasteiger partial charge in [0.15, 0.2) is 0 Å². The third-order valence-corrected chi connectivity index (χ3v) is 5.86. The van der Waals surface area contributed by atoms with E-state index in [1.165, 1.54) is 5.56 Å². The van der Waals surface area contributed by atoms with Crippen LogP contribution >= 0.6 is 0 Å². The highest BCUT2D eigenvalue weighted by atomic mass is 16.1. The van der Waals surface area contributed by atoms with Gasteiger partial charge in [-0.3, -0.25) is 14.8 Å². The first-order valence-electron chi connectivity index (χ1n) is 10.3. The number of pyridine rings is 3. The fourth-order valence-electron chi connectivity index (χ4n) is 4.23. The molecular formula is C25H19N5O. The molecule has 4 aromatic heterocycles. The molecule has 0 saturated carbocycles. The lowest BCUT2D eigenvalue weighted by molar-refractivity contribution is 0.868. The minimum atomic E-state index is -0.172. The number of fused-ring (bicyclic) bond motifs is 7. The molecular weight excluding hydrogens is 386 g/mol. The van der Waals surface area contributed by atoms with Crippen molar-refractivity contribution in [3.8, 4) is 11.4 Å². The van der Waals surface area contributed by atoms with Gasteiger partial charge < -0.3 is 9.97 Å². The maximum Gasteiger partial charge on any atom is 0.259 e. The second-order valence-corrected chi connectivity index (χ2v) is 8.12. The first kappa shape index (κ1) is 17.8. The topological polar surface area (TPSA) is 87.3 Å². The van der Waals surface area contributed by atoms with Gasteiger partial charge in [-0.25, -0.2) is 4.98 Å². The Labute approximate surface area is 177 Å². The fourth-order valence-corrected chi connectivity index (χ4v) is 4.23. The summed E-state index contributed by atoms with van der Waals surface area (Å²) in [6.45, 7) is 4.32. The molecule has 2 aromatic carbocycles. The van der Waals surface area contributed by atoms with Crippen LogP contribution in [0.3, 0.4) is 0 Å². The largest absolute Gasteiger partial charge is 0.337 e. The van der Waals surface area contributed by atoms with Crippen LogP contribution in [0.1, 0.15) is 25.3 Å². The van der Waals surface area contributed by atoms with Crippen molar-refractivity contribution in [2.45, 2.75) is 19.8 Å². The van der Waals surface area contributed by atoms with Crippen molar-refractivity contribution in [2.24, 2.45) is 0 Å². The van der Waals surface area contributed by atoms with Crippen LogP contribution in [0.25, 0.3) is 55.1 Å². The van der Waals surface area contributed by atoms with Gasteiger partial charge in [0.2, 0.25) is 0 Å². The van der Waals surface area contributed by atoms with Gasteiger partial charge in [-0.15, -0.1) is 0 Å². The number of benzene rings is 2. The number of rotatable bonds is 2. The minimum absolute atomic E-state index is 0.172. The van der Waals surface area contributed by atoms with Crippen LogP contribution < -0.4 is 5.56 Å². The quantitative estimate of drug-likeness (QED) is 0.383. The van der Waals surface area contributed by atoms with E-state index in [-0.39, 0.29) is 5.56 Å². The van der Waals surface area contributed by atoms with Crippen molar-refractivity contribution in [1.29, 1.82) is 0 Å². The van der Waals surface area contributed by atoms with Crippen molar-refractivity contribution in [3.05, 3.63) is 76.8 Å². The van der Waals surface area contributed by atoms with E-state index in [2.05, 4.69) is 45.9 Å². The van der Waals surface area contributed by atoms with E-state index >= 15 is 0 Å². The van der Waals surface area contributed by atoms with Gasteiger partial charge >= 0.3 is 0 Å². The van der Waals surface area contributed by atoms with Gasteiger partial charge in [-0.05, 0) is 59.3 Å². The summed E-state index contributed by atoms with van der Waals surface area (Å²) in [7, 11) is 0. The summed E-state index contributed by atoms with van der Waals surface area (Å²) in [5.41, 5.74) is 5.64. The number of hydrogen-bond donors (Lipinski definition) is 2. The number of nitrogens with one attached hydrogen (secondary N) is 2. The Morgan fingerprint density at radius 2 is 1.58 bits per heavy atom. The van der Waals surface area contributed by atoms with E-state index in [1.807, 2.05) is 36.4 Å². The van der Waals surface area contributed by atoms with E-state index in [9.17, 15) is 4.79 Å². The van der Waals surface area contributed by atoms with Gasteiger partial charge in [0, 0.05) is 28.7 Å². The molecule has 0 aliphatic rings. The summed E-state index contributed by atoms with van der Waals surface area (Å²) in [4.78, 5) is 33.2. The zero-order chi connectivity index (χ0) is 21.1. The summed E-state index contributed by atoms with van der Waals surface area (Å²) in [5.74, 6) is 0.943. The molecule has 0 fully saturated rings. The standard InChI is InChI=1S/C25H19N5O/c1-13(2)14-7-8-19-15(11-14)12-18(25(31)28-19)24-29-22-16-5-3-9-26-20(16)21-17(23(22)30-24)6-4-10-27-21/h3-13H,1-2H3,(H,28,31)(H,29,30). The maximum atomic E-state index is 12.9. The molecule has 2 N–H and O–H groups in total. The highest BCUT2D eigenvalue weighted by Crippen LogP contribution is 2.33. The Kier molecular flexibility index (Phi) is 3.71. The monoisotopic (exact) mass is 405 g/mol. The number of hydrogen-bond acceptors (Lipinski definition) is 4. The van der Waals surface area contributed by atoms with Crippen LogP contribution in [0.2, 0.25) is 0 Å². The smallest absolute Gasteiger partial charge is 0.259 e. The van der Waals surface area contributed by atoms with Crippen LogP contribution in [0.15, 0.2) is 65.7 Å². The first-order chi connectivity index (χ1) is 15.1. The molecule has 6 rings (SSSR count). The van der Waals surface area contributed by atoms with Crippen molar-refractivity contribution in [3.63, 3.8) is 0 Å². The molecule has 4 heterocycles. The second kappa shape index (κ2) is 6.47. The van der Waals surface area contributed by atoms with Crippen LogP contribution in [0.5, 0.6) is 0 Å². The van der Waals surface area contributed by atoms with E-state index in [0.29, 0.717) is 17.3 Å². The highest BCUT2D eigenvalue weighted by molar-refractivity contribution is 6.21. The number of nitrogens with zero attached hydrogens (tertiary/aromatic N) is 3. The highest BCUT2D eigenvalue weighted by Gasteiger charge is 2.17. The molecule has 0 bridgehead atoms. The Morgan fingerprint density at radius 1 is 0.839 bits per heavy atom. The number of H-pyrrole nitrogens is 2. The van der Waals surface area contributed by atoms with Gasteiger partial charge in [0.05, 0.1) is 27.6 Å². The molecule has 150 valence electrons. The second-order valence-electron chi connectivity index (χ2n) is 8.12. The molecule has 6 aromatic rings. The molecule has 0 atom stereocenters. The van der Waals surface area contributed by atoms with E-state index in [0.717, 1.165) is 43.7 Å². The molecule has 6 nitrogen and oxygen atoms in total. The molecule has 0 amide bonds. The summed E-state index contributed by atoms with van der Waals surface area (Å²) in [5, 5.41) is 2.83.